The van der Waals surface area contributed by atoms with Gasteiger partial charge in [-0.3, -0.25) is 0 Å². The third-order valence-electron chi connectivity index (χ3n) is 2.96. The van der Waals surface area contributed by atoms with Gasteiger partial charge in [-0.05, 0) is 37.1 Å². The molecule has 0 spiro atoms. The van der Waals surface area contributed by atoms with Crippen LogP contribution in [0.2, 0.25) is 0 Å². The van der Waals surface area contributed by atoms with Crippen molar-refractivity contribution in [3.63, 3.8) is 0 Å². The highest BCUT2D eigenvalue weighted by Crippen LogP contribution is 2.23. The Kier molecular flexibility index (Phi) is 2.37. The molecule has 2 N–H and O–H groups in total. The second-order valence-corrected chi connectivity index (χ2v) is 4.43. The van der Waals surface area contributed by atoms with Crippen LogP contribution < -0.4 is 5.32 Å². The van der Waals surface area contributed by atoms with Crippen LogP contribution in [0.5, 0.6) is 0 Å². The van der Waals surface area contributed by atoms with E-state index in [1.165, 1.54) is 12.8 Å². The van der Waals surface area contributed by atoms with E-state index in [-0.39, 0.29) is 0 Å². The lowest BCUT2D eigenvalue weighted by Gasteiger charge is -1.96. The van der Waals surface area contributed by atoms with E-state index in [4.69, 9.17) is 9.52 Å². The summed E-state index contributed by atoms with van der Waals surface area (Å²) in [6, 6.07) is 7.45. The molecule has 1 aromatic carbocycles. The van der Waals surface area contributed by atoms with Crippen LogP contribution in [0.1, 0.15) is 29.0 Å². The van der Waals surface area contributed by atoms with Gasteiger partial charge >= 0.3 is 5.97 Å². The summed E-state index contributed by atoms with van der Waals surface area (Å²) in [6.45, 7) is 0.710. The molecule has 0 aliphatic heterocycles. The van der Waals surface area contributed by atoms with Gasteiger partial charge in [0.25, 0.3) is 0 Å². The van der Waals surface area contributed by atoms with Gasteiger partial charge in [-0.2, -0.15) is 0 Å². The first-order valence-corrected chi connectivity index (χ1v) is 5.71. The molecule has 1 heterocycles. The fraction of sp³-hybridized carbons (Fsp3) is 0.308. The Balaban J connectivity index is 1.86. The summed E-state index contributed by atoms with van der Waals surface area (Å²) in [5, 5.41) is 13.1. The van der Waals surface area contributed by atoms with Crippen LogP contribution in [0.25, 0.3) is 11.0 Å². The van der Waals surface area contributed by atoms with E-state index in [1.807, 2.05) is 6.07 Å². The van der Waals surface area contributed by atoms with Gasteiger partial charge in [0.15, 0.2) is 0 Å². The molecule has 0 radical (unpaired) electrons. The highest BCUT2D eigenvalue weighted by atomic mass is 16.4. The lowest BCUT2D eigenvalue weighted by atomic mass is 10.1. The zero-order chi connectivity index (χ0) is 11.8. The number of carboxylic acid groups (broad SMARTS) is 1. The second kappa shape index (κ2) is 3.89. The maximum Gasteiger partial charge on any atom is 0.335 e. The van der Waals surface area contributed by atoms with Crippen LogP contribution in [0.3, 0.4) is 0 Å². The number of aromatic carboxylic acids is 1. The molecule has 1 fully saturated rings. The minimum atomic E-state index is -0.911. The topological polar surface area (TPSA) is 62.5 Å². The van der Waals surface area contributed by atoms with Gasteiger partial charge in [-0.1, -0.05) is 0 Å². The smallest absolute Gasteiger partial charge is 0.335 e. The van der Waals surface area contributed by atoms with Crippen molar-refractivity contribution in [2.45, 2.75) is 25.4 Å². The fourth-order valence-corrected chi connectivity index (χ4v) is 1.85. The van der Waals surface area contributed by atoms with Crippen molar-refractivity contribution < 1.29 is 14.3 Å². The maximum atomic E-state index is 10.8. The van der Waals surface area contributed by atoms with E-state index in [0.717, 1.165) is 16.7 Å². The number of hydrogen-bond acceptors (Lipinski definition) is 3. The monoisotopic (exact) mass is 231 g/mol. The van der Waals surface area contributed by atoms with Crippen LogP contribution in [0, 0.1) is 0 Å². The van der Waals surface area contributed by atoms with Crippen molar-refractivity contribution in [1.82, 2.24) is 5.32 Å². The third-order valence-corrected chi connectivity index (χ3v) is 2.96. The van der Waals surface area contributed by atoms with Crippen molar-refractivity contribution in [3.05, 3.63) is 35.6 Å². The molecule has 3 rings (SSSR count). The first-order chi connectivity index (χ1) is 8.22. The van der Waals surface area contributed by atoms with E-state index < -0.39 is 5.97 Å². The summed E-state index contributed by atoms with van der Waals surface area (Å²) in [7, 11) is 0. The molecule has 0 unspecified atom stereocenters. The molecule has 4 heteroatoms. The largest absolute Gasteiger partial charge is 0.478 e. The molecule has 2 aromatic rings. The van der Waals surface area contributed by atoms with Crippen LogP contribution in [-0.2, 0) is 6.54 Å². The van der Waals surface area contributed by atoms with Crippen LogP contribution >= 0.6 is 0 Å². The maximum absolute atomic E-state index is 10.8. The molecule has 17 heavy (non-hydrogen) atoms. The molecule has 1 aromatic heterocycles. The van der Waals surface area contributed by atoms with Gasteiger partial charge in [-0.25, -0.2) is 4.79 Å². The summed E-state index contributed by atoms with van der Waals surface area (Å²) in [5.74, 6) is -0.0554. The predicted molar refractivity (Wildman–Crippen MR) is 63.0 cm³/mol. The summed E-state index contributed by atoms with van der Waals surface area (Å²) < 4.78 is 5.63. The first-order valence-electron chi connectivity index (χ1n) is 5.71. The molecule has 1 saturated carbocycles. The zero-order valence-corrected chi connectivity index (χ0v) is 9.27. The summed E-state index contributed by atoms with van der Waals surface area (Å²) in [6.07, 6.45) is 2.48. The molecule has 0 bridgehead atoms. The van der Waals surface area contributed by atoms with Gasteiger partial charge in [0, 0.05) is 11.4 Å². The van der Waals surface area contributed by atoms with Crippen LogP contribution in [0.4, 0.5) is 0 Å². The van der Waals surface area contributed by atoms with Crippen molar-refractivity contribution in [2.24, 2.45) is 0 Å². The van der Waals surface area contributed by atoms with E-state index in [2.05, 4.69) is 5.32 Å². The standard InChI is InChI=1S/C13H13NO3/c15-13(16)8-1-4-12-9(5-8)6-11(17-12)7-14-10-2-3-10/h1,4-6,10,14H,2-3,7H2,(H,15,16). The Bertz CT molecular complexity index is 569. The van der Waals surface area contributed by atoms with E-state index in [1.54, 1.807) is 18.2 Å². The average molecular weight is 231 g/mol. The van der Waals surface area contributed by atoms with Crippen molar-refractivity contribution >= 4 is 16.9 Å². The molecular formula is C13H13NO3. The quantitative estimate of drug-likeness (QED) is 0.848. The number of furan rings is 1. The molecule has 1 aliphatic carbocycles. The molecule has 0 amide bonds. The van der Waals surface area contributed by atoms with Crippen molar-refractivity contribution in [2.75, 3.05) is 0 Å². The minimum absolute atomic E-state index is 0.292. The Hall–Kier alpha value is -1.81. The molecule has 88 valence electrons. The van der Waals surface area contributed by atoms with Crippen LogP contribution in [-0.4, -0.2) is 17.1 Å². The second-order valence-electron chi connectivity index (χ2n) is 4.43. The number of carbonyl (C=O) groups is 1. The van der Waals surface area contributed by atoms with Crippen LogP contribution in [0.15, 0.2) is 28.7 Å². The van der Waals surface area contributed by atoms with E-state index >= 15 is 0 Å². The normalized spacial score (nSPS) is 15.3. The number of rotatable bonds is 4. The minimum Gasteiger partial charge on any atom is -0.478 e. The number of hydrogen-bond donors (Lipinski definition) is 2. The Labute approximate surface area is 98.2 Å². The SMILES string of the molecule is O=C(O)c1ccc2oc(CNC3CC3)cc2c1. The first kappa shape index (κ1) is 10.4. The van der Waals surface area contributed by atoms with Crippen molar-refractivity contribution in [3.8, 4) is 0 Å². The summed E-state index contributed by atoms with van der Waals surface area (Å²) in [4.78, 5) is 10.8. The molecule has 0 atom stereocenters. The molecule has 1 aliphatic rings. The fourth-order valence-electron chi connectivity index (χ4n) is 1.85. The van der Waals surface area contributed by atoms with Crippen molar-refractivity contribution in [1.29, 1.82) is 0 Å². The number of fused-ring (bicyclic) bond motifs is 1. The number of carboxylic acids is 1. The molecule has 0 saturated heterocycles. The number of nitrogens with one attached hydrogen (secondary N) is 1. The summed E-state index contributed by atoms with van der Waals surface area (Å²) in [5.41, 5.74) is 1.03. The Morgan fingerprint density at radius 3 is 2.94 bits per heavy atom. The Morgan fingerprint density at radius 2 is 2.24 bits per heavy atom. The zero-order valence-electron chi connectivity index (χ0n) is 9.27. The lowest BCUT2D eigenvalue weighted by molar-refractivity contribution is 0.0697. The van der Waals surface area contributed by atoms with Gasteiger partial charge < -0.3 is 14.8 Å². The average Bonchev–Trinajstić information content (AvgIpc) is 3.04. The van der Waals surface area contributed by atoms with Gasteiger partial charge in [0.05, 0.1) is 12.1 Å². The lowest BCUT2D eigenvalue weighted by Crippen LogP contribution is -2.14. The van der Waals surface area contributed by atoms with Gasteiger partial charge in [0.2, 0.25) is 0 Å². The van der Waals surface area contributed by atoms with Gasteiger partial charge in [-0.15, -0.1) is 0 Å². The third kappa shape index (κ3) is 2.17. The Morgan fingerprint density at radius 1 is 1.41 bits per heavy atom. The van der Waals surface area contributed by atoms with E-state index in [9.17, 15) is 4.79 Å². The highest BCUT2D eigenvalue weighted by Gasteiger charge is 2.20. The molecular weight excluding hydrogens is 218 g/mol. The number of benzene rings is 1. The highest BCUT2D eigenvalue weighted by molar-refractivity contribution is 5.93. The predicted octanol–water partition coefficient (Wildman–Crippen LogP) is 2.38. The van der Waals surface area contributed by atoms with E-state index in [0.29, 0.717) is 18.2 Å². The van der Waals surface area contributed by atoms with Gasteiger partial charge in [0.1, 0.15) is 11.3 Å². The summed E-state index contributed by atoms with van der Waals surface area (Å²) >= 11 is 0. The molecule has 4 nitrogen and oxygen atoms in total.